The molecule has 0 heterocycles. The fourth-order valence-corrected chi connectivity index (χ4v) is 2.97. The Labute approximate surface area is 127 Å². The minimum atomic E-state index is -0.0629. The van der Waals surface area contributed by atoms with Gasteiger partial charge in [-0.1, -0.05) is 26.8 Å². The summed E-state index contributed by atoms with van der Waals surface area (Å²) in [7, 11) is 0. The second-order valence-corrected chi connectivity index (χ2v) is 7.09. The van der Waals surface area contributed by atoms with Crippen molar-refractivity contribution in [2.75, 3.05) is 6.61 Å². The number of carbonyl (C=O) groups excluding carboxylic acids is 1. The molecule has 1 aliphatic rings. The summed E-state index contributed by atoms with van der Waals surface area (Å²) in [5.74, 6) is -0.0308. The number of amides is 1. The Hall–Kier alpha value is -1.35. The van der Waals surface area contributed by atoms with Crippen LogP contribution in [0, 0.1) is 5.41 Å². The highest BCUT2D eigenvalue weighted by molar-refractivity contribution is 5.94. The van der Waals surface area contributed by atoms with Gasteiger partial charge in [-0.15, -0.1) is 0 Å². The molecule has 0 saturated heterocycles. The average molecular weight is 289 g/mol. The van der Waals surface area contributed by atoms with E-state index in [9.17, 15) is 9.90 Å². The van der Waals surface area contributed by atoms with Gasteiger partial charge in [0.15, 0.2) is 0 Å². The smallest absolute Gasteiger partial charge is 0.251 e. The van der Waals surface area contributed by atoms with Crippen molar-refractivity contribution in [3.05, 3.63) is 34.9 Å². The molecule has 21 heavy (non-hydrogen) atoms. The molecule has 0 spiro atoms. The van der Waals surface area contributed by atoms with E-state index in [1.54, 1.807) is 0 Å². The summed E-state index contributed by atoms with van der Waals surface area (Å²) in [5.41, 5.74) is 3.39. The fourth-order valence-electron chi connectivity index (χ4n) is 2.97. The van der Waals surface area contributed by atoms with Crippen LogP contribution < -0.4 is 5.32 Å². The highest BCUT2D eigenvalue weighted by atomic mass is 16.3. The summed E-state index contributed by atoms with van der Waals surface area (Å²) in [6, 6.07) is 6.05. The van der Waals surface area contributed by atoms with Gasteiger partial charge in [-0.3, -0.25) is 4.79 Å². The number of hydrogen-bond donors (Lipinski definition) is 2. The Bertz CT molecular complexity index is 502. The highest BCUT2D eigenvalue weighted by Crippen LogP contribution is 2.24. The number of nitrogens with one attached hydrogen (secondary N) is 1. The van der Waals surface area contributed by atoms with Gasteiger partial charge in [-0.25, -0.2) is 0 Å². The van der Waals surface area contributed by atoms with Crippen molar-refractivity contribution in [3.63, 3.8) is 0 Å². The van der Waals surface area contributed by atoms with E-state index in [0.29, 0.717) is 6.42 Å². The van der Waals surface area contributed by atoms with Gasteiger partial charge in [0.25, 0.3) is 5.91 Å². The molecule has 0 aromatic heterocycles. The van der Waals surface area contributed by atoms with E-state index in [-0.39, 0.29) is 24.0 Å². The number of carbonyl (C=O) groups is 1. The fraction of sp³-hybridized carbons (Fsp3) is 0.611. The van der Waals surface area contributed by atoms with Gasteiger partial charge in [0, 0.05) is 18.2 Å². The van der Waals surface area contributed by atoms with Gasteiger partial charge in [0.2, 0.25) is 0 Å². The maximum absolute atomic E-state index is 12.5. The van der Waals surface area contributed by atoms with E-state index < -0.39 is 0 Å². The maximum Gasteiger partial charge on any atom is 0.251 e. The van der Waals surface area contributed by atoms with Crippen molar-refractivity contribution in [3.8, 4) is 0 Å². The van der Waals surface area contributed by atoms with E-state index in [1.165, 1.54) is 24.0 Å². The summed E-state index contributed by atoms with van der Waals surface area (Å²) in [6.45, 7) is 6.34. The number of rotatable bonds is 4. The second kappa shape index (κ2) is 6.61. The Kier molecular flexibility index (Phi) is 5.04. The molecule has 1 aromatic rings. The molecule has 1 aliphatic carbocycles. The van der Waals surface area contributed by atoms with Gasteiger partial charge >= 0.3 is 0 Å². The first-order chi connectivity index (χ1) is 9.91. The van der Waals surface area contributed by atoms with E-state index in [0.717, 1.165) is 18.4 Å². The van der Waals surface area contributed by atoms with Crippen LogP contribution >= 0.6 is 0 Å². The number of aliphatic hydroxyl groups is 1. The molecule has 1 atom stereocenters. The van der Waals surface area contributed by atoms with Crippen molar-refractivity contribution in [2.45, 2.75) is 58.9 Å². The van der Waals surface area contributed by atoms with Crippen molar-refractivity contribution in [1.29, 1.82) is 0 Å². The molecule has 0 bridgehead atoms. The SMILES string of the molecule is CC(C)(C)C(CCO)NC(=O)c1ccc2c(c1)CCCC2. The quantitative estimate of drug-likeness (QED) is 0.895. The zero-order chi connectivity index (χ0) is 15.5. The van der Waals surface area contributed by atoms with E-state index in [4.69, 9.17) is 0 Å². The normalized spacial score (nSPS) is 16.2. The summed E-state index contributed by atoms with van der Waals surface area (Å²) < 4.78 is 0. The molecule has 1 aromatic carbocycles. The van der Waals surface area contributed by atoms with Crippen molar-refractivity contribution >= 4 is 5.91 Å². The molecular weight excluding hydrogens is 262 g/mol. The van der Waals surface area contributed by atoms with Crippen LogP contribution in [0.25, 0.3) is 0 Å². The zero-order valence-electron chi connectivity index (χ0n) is 13.4. The van der Waals surface area contributed by atoms with Gasteiger partial charge in [-0.2, -0.15) is 0 Å². The number of fused-ring (bicyclic) bond motifs is 1. The number of aliphatic hydroxyl groups excluding tert-OH is 1. The van der Waals surface area contributed by atoms with Gasteiger partial charge in [0.1, 0.15) is 0 Å². The minimum absolute atomic E-state index is 0.0222. The summed E-state index contributed by atoms with van der Waals surface area (Å²) >= 11 is 0. The average Bonchev–Trinajstić information content (AvgIpc) is 2.45. The first-order valence-corrected chi connectivity index (χ1v) is 7.95. The molecule has 2 N–H and O–H groups in total. The molecule has 0 aliphatic heterocycles. The summed E-state index contributed by atoms with van der Waals surface area (Å²) in [6.07, 6.45) is 5.26. The summed E-state index contributed by atoms with van der Waals surface area (Å²) in [4.78, 5) is 12.5. The third-order valence-electron chi connectivity index (χ3n) is 4.38. The van der Waals surface area contributed by atoms with E-state index in [2.05, 4.69) is 32.2 Å². The molecule has 3 heteroatoms. The Morgan fingerprint density at radius 3 is 2.52 bits per heavy atom. The van der Waals surface area contributed by atoms with Gasteiger partial charge in [-0.05, 0) is 60.8 Å². The van der Waals surface area contributed by atoms with Crippen LogP contribution in [0.3, 0.4) is 0 Å². The minimum Gasteiger partial charge on any atom is -0.396 e. The number of aryl methyl sites for hydroxylation is 2. The Morgan fingerprint density at radius 1 is 1.24 bits per heavy atom. The van der Waals surface area contributed by atoms with Crippen molar-refractivity contribution in [1.82, 2.24) is 5.32 Å². The van der Waals surface area contributed by atoms with Crippen LogP contribution in [0.5, 0.6) is 0 Å². The van der Waals surface area contributed by atoms with Crippen LogP contribution in [-0.2, 0) is 12.8 Å². The first kappa shape index (κ1) is 16.0. The molecule has 0 fully saturated rings. The maximum atomic E-state index is 12.5. The monoisotopic (exact) mass is 289 g/mol. The summed E-state index contributed by atoms with van der Waals surface area (Å²) in [5, 5.41) is 12.3. The Balaban J connectivity index is 2.12. The molecule has 2 rings (SSSR count). The largest absolute Gasteiger partial charge is 0.396 e. The van der Waals surface area contributed by atoms with Crippen LogP contribution in [0.1, 0.15) is 61.5 Å². The lowest BCUT2D eigenvalue weighted by atomic mass is 9.84. The standard InChI is InChI=1S/C18H27NO2/c1-18(2,3)16(10-11-20)19-17(21)15-9-8-13-6-4-5-7-14(13)12-15/h8-9,12,16,20H,4-7,10-11H2,1-3H3,(H,19,21). The number of hydrogen-bond acceptors (Lipinski definition) is 2. The van der Waals surface area contributed by atoms with Crippen LogP contribution in [0.4, 0.5) is 0 Å². The highest BCUT2D eigenvalue weighted by Gasteiger charge is 2.26. The van der Waals surface area contributed by atoms with Gasteiger partial charge in [0.05, 0.1) is 0 Å². The molecule has 1 unspecified atom stereocenters. The van der Waals surface area contributed by atoms with Crippen LogP contribution in [0.15, 0.2) is 18.2 Å². The number of benzene rings is 1. The molecule has 1 amide bonds. The topological polar surface area (TPSA) is 49.3 Å². The lowest BCUT2D eigenvalue weighted by molar-refractivity contribution is 0.0885. The third-order valence-corrected chi connectivity index (χ3v) is 4.38. The lowest BCUT2D eigenvalue weighted by Crippen LogP contribution is -2.44. The molecule has 116 valence electrons. The zero-order valence-corrected chi connectivity index (χ0v) is 13.4. The van der Waals surface area contributed by atoms with Crippen molar-refractivity contribution in [2.24, 2.45) is 5.41 Å². The van der Waals surface area contributed by atoms with Gasteiger partial charge < -0.3 is 10.4 Å². The van der Waals surface area contributed by atoms with Crippen molar-refractivity contribution < 1.29 is 9.90 Å². The lowest BCUT2D eigenvalue weighted by Gasteiger charge is -2.31. The molecule has 3 nitrogen and oxygen atoms in total. The second-order valence-electron chi connectivity index (χ2n) is 7.09. The third kappa shape index (κ3) is 4.07. The van der Waals surface area contributed by atoms with E-state index in [1.807, 2.05) is 12.1 Å². The van der Waals surface area contributed by atoms with Crippen LogP contribution in [0.2, 0.25) is 0 Å². The molecule has 0 saturated carbocycles. The Morgan fingerprint density at radius 2 is 1.90 bits per heavy atom. The first-order valence-electron chi connectivity index (χ1n) is 7.95. The predicted molar refractivity (Wildman–Crippen MR) is 85.5 cm³/mol. The van der Waals surface area contributed by atoms with E-state index >= 15 is 0 Å². The molecule has 0 radical (unpaired) electrons. The molecular formula is C18H27NO2. The predicted octanol–water partition coefficient (Wildman–Crippen LogP) is 3.09. The van der Waals surface area contributed by atoms with Crippen LogP contribution in [-0.4, -0.2) is 23.7 Å².